The topological polar surface area (TPSA) is 125 Å². The molecule has 1 aromatic rings. The summed E-state index contributed by atoms with van der Waals surface area (Å²) in [6, 6.07) is 4.99. The van der Waals surface area contributed by atoms with Gasteiger partial charge in [0.05, 0.1) is 18.6 Å². The normalized spacial score (nSPS) is 16.9. The number of esters is 1. The third kappa shape index (κ3) is 5.21. The fourth-order valence-corrected chi connectivity index (χ4v) is 3.05. The molecule has 0 aromatic heterocycles. The number of anilines is 1. The average Bonchev–Trinajstić information content (AvgIpc) is 3.18. The van der Waals surface area contributed by atoms with Crippen molar-refractivity contribution in [1.82, 2.24) is 10.2 Å². The first-order chi connectivity index (χ1) is 13.4. The smallest absolute Gasteiger partial charge is 0.337 e. The molecule has 9 nitrogen and oxygen atoms in total. The molecule has 0 radical (unpaired) electrons. The molecule has 1 saturated heterocycles. The predicted octanol–water partition coefficient (Wildman–Crippen LogP) is 1.70. The predicted molar refractivity (Wildman–Crippen MR) is 101 cm³/mol. The van der Waals surface area contributed by atoms with Gasteiger partial charge in [-0.15, -0.1) is 0 Å². The summed E-state index contributed by atoms with van der Waals surface area (Å²) in [6.07, 6.45) is 1.57. The fourth-order valence-electron chi connectivity index (χ4n) is 3.05. The van der Waals surface area contributed by atoms with E-state index in [0.717, 1.165) is 0 Å². The van der Waals surface area contributed by atoms with Crippen LogP contribution >= 0.6 is 0 Å². The van der Waals surface area contributed by atoms with Crippen LogP contribution < -0.4 is 10.6 Å². The van der Waals surface area contributed by atoms with E-state index in [4.69, 9.17) is 5.11 Å². The van der Waals surface area contributed by atoms with E-state index in [-0.39, 0.29) is 12.5 Å². The summed E-state index contributed by atoms with van der Waals surface area (Å²) < 4.78 is 4.62. The number of ether oxygens (including phenoxy) is 1. The number of carboxylic acid groups (broad SMARTS) is 1. The lowest BCUT2D eigenvalue weighted by molar-refractivity contribution is -0.141. The van der Waals surface area contributed by atoms with Gasteiger partial charge < -0.3 is 25.4 Å². The minimum atomic E-state index is -1.02. The summed E-state index contributed by atoms with van der Waals surface area (Å²) in [5, 5.41) is 14.6. The number of nitrogens with one attached hydrogen (secondary N) is 2. The van der Waals surface area contributed by atoms with Crippen molar-refractivity contribution in [1.29, 1.82) is 0 Å². The van der Waals surface area contributed by atoms with Crippen LogP contribution in [0.15, 0.2) is 24.3 Å². The number of benzene rings is 1. The SMILES string of the molecule is CC[C@H](CNC(=O)N1CCC[C@H]1C(=O)O)C(=O)Nc1ccc(C(=O)OC)cc1. The summed E-state index contributed by atoms with van der Waals surface area (Å²) in [7, 11) is 1.29. The molecule has 0 saturated carbocycles. The summed E-state index contributed by atoms with van der Waals surface area (Å²) >= 11 is 0. The molecule has 0 unspecified atom stereocenters. The molecule has 1 heterocycles. The third-order valence-electron chi connectivity index (χ3n) is 4.74. The highest BCUT2D eigenvalue weighted by Gasteiger charge is 2.34. The quantitative estimate of drug-likeness (QED) is 0.608. The standard InChI is InChI=1S/C19H25N3O6/c1-3-12(11-20-19(27)22-10-4-5-15(22)17(24)25)16(23)21-14-8-6-13(7-9-14)18(26)28-2/h6-9,12,15H,3-5,10-11H2,1-2H3,(H,20,27)(H,21,23)(H,24,25)/t12-,15+/m1/s1. The van der Waals surface area contributed by atoms with Gasteiger partial charge in [-0.3, -0.25) is 4.79 Å². The Bertz CT molecular complexity index is 734. The number of amides is 3. The zero-order chi connectivity index (χ0) is 20.7. The zero-order valence-corrected chi connectivity index (χ0v) is 15.9. The number of methoxy groups -OCH3 is 1. The molecule has 0 bridgehead atoms. The van der Waals surface area contributed by atoms with Crippen molar-refractivity contribution in [2.45, 2.75) is 32.2 Å². The molecule has 1 fully saturated rings. The van der Waals surface area contributed by atoms with Crippen molar-refractivity contribution in [3.8, 4) is 0 Å². The lowest BCUT2D eigenvalue weighted by Crippen LogP contribution is -2.47. The third-order valence-corrected chi connectivity index (χ3v) is 4.74. The Morgan fingerprint density at radius 1 is 1.25 bits per heavy atom. The Kier molecular flexibility index (Phi) is 7.36. The van der Waals surface area contributed by atoms with Gasteiger partial charge in [0.25, 0.3) is 0 Å². The van der Waals surface area contributed by atoms with E-state index < -0.39 is 29.9 Å². The largest absolute Gasteiger partial charge is 0.480 e. The van der Waals surface area contributed by atoms with Crippen LogP contribution in [0, 0.1) is 5.92 Å². The molecule has 3 N–H and O–H groups in total. The van der Waals surface area contributed by atoms with Crippen molar-refractivity contribution >= 4 is 29.6 Å². The van der Waals surface area contributed by atoms with Gasteiger partial charge in [0.2, 0.25) is 5.91 Å². The average molecular weight is 391 g/mol. The Morgan fingerprint density at radius 3 is 2.50 bits per heavy atom. The number of rotatable bonds is 7. The lowest BCUT2D eigenvalue weighted by atomic mass is 10.1. The maximum Gasteiger partial charge on any atom is 0.337 e. The van der Waals surface area contributed by atoms with Crippen molar-refractivity contribution in [2.75, 3.05) is 25.5 Å². The number of carboxylic acids is 1. The Balaban J connectivity index is 1.90. The van der Waals surface area contributed by atoms with Crippen LogP contribution in [0.4, 0.5) is 10.5 Å². The van der Waals surface area contributed by atoms with Gasteiger partial charge in [-0.1, -0.05) is 6.92 Å². The van der Waals surface area contributed by atoms with Crippen LogP contribution in [0.25, 0.3) is 0 Å². The maximum absolute atomic E-state index is 12.5. The molecule has 0 aliphatic carbocycles. The lowest BCUT2D eigenvalue weighted by Gasteiger charge is -2.23. The molecule has 9 heteroatoms. The highest BCUT2D eigenvalue weighted by Crippen LogP contribution is 2.18. The van der Waals surface area contributed by atoms with E-state index in [1.807, 2.05) is 6.92 Å². The van der Waals surface area contributed by atoms with Crippen LogP contribution in [0.1, 0.15) is 36.5 Å². The van der Waals surface area contributed by atoms with Crippen LogP contribution in [-0.2, 0) is 14.3 Å². The highest BCUT2D eigenvalue weighted by molar-refractivity contribution is 5.94. The molecule has 2 atom stereocenters. The molecule has 1 aliphatic rings. The molecule has 1 aromatic carbocycles. The number of aliphatic carboxylic acids is 1. The number of hydrogen-bond acceptors (Lipinski definition) is 5. The first kappa shape index (κ1) is 21.2. The van der Waals surface area contributed by atoms with Gasteiger partial charge in [-0.25, -0.2) is 14.4 Å². The number of hydrogen-bond donors (Lipinski definition) is 3. The monoisotopic (exact) mass is 391 g/mol. The molecule has 2 rings (SSSR count). The number of likely N-dealkylation sites (tertiary alicyclic amines) is 1. The summed E-state index contributed by atoms with van der Waals surface area (Å²) in [5.41, 5.74) is 0.895. The van der Waals surface area contributed by atoms with Gasteiger partial charge in [-0.2, -0.15) is 0 Å². The van der Waals surface area contributed by atoms with Gasteiger partial charge in [0, 0.05) is 18.8 Å². The number of carbonyl (C=O) groups excluding carboxylic acids is 3. The van der Waals surface area contributed by atoms with Gasteiger partial charge >= 0.3 is 18.0 Å². The molecular weight excluding hydrogens is 366 g/mol. The first-order valence-electron chi connectivity index (χ1n) is 9.13. The number of urea groups is 1. The Hall–Kier alpha value is -3.10. The van der Waals surface area contributed by atoms with Crippen LogP contribution in [0.5, 0.6) is 0 Å². The molecule has 0 spiro atoms. The first-order valence-corrected chi connectivity index (χ1v) is 9.13. The second-order valence-corrected chi connectivity index (χ2v) is 6.54. The van der Waals surface area contributed by atoms with Gasteiger partial charge in [0.15, 0.2) is 0 Å². The number of nitrogens with zero attached hydrogens (tertiary/aromatic N) is 1. The van der Waals surface area contributed by atoms with E-state index in [0.29, 0.717) is 37.1 Å². The van der Waals surface area contributed by atoms with Gasteiger partial charge in [0.1, 0.15) is 6.04 Å². The van der Waals surface area contributed by atoms with Crippen molar-refractivity contribution in [2.24, 2.45) is 5.92 Å². The van der Waals surface area contributed by atoms with Gasteiger partial charge in [-0.05, 0) is 43.5 Å². The second kappa shape index (κ2) is 9.72. The summed E-state index contributed by atoms with van der Waals surface area (Å²) in [4.78, 5) is 48.6. The fraction of sp³-hybridized carbons (Fsp3) is 0.474. The minimum Gasteiger partial charge on any atom is -0.480 e. The minimum absolute atomic E-state index is 0.101. The van der Waals surface area contributed by atoms with Crippen LogP contribution in [0.3, 0.4) is 0 Å². The van der Waals surface area contributed by atoms with E-state index in [1.165, 1.54) is 12.0 Å². The summed E-state index contributed by atoms with van der Waals surface area (Å²) in [6.45, 7) is 2.31. The van der Waals surface area contributed by atoms with E-state index >= 15 is 0 Å². The molecule has 3 amide bonds. The second-order valence-electron chi connectivity index (χ2n) is 6.54. The van der Waals surface area contributed by atoms with E-state index in [2.05, 4.69) is 15.4 Å². The van der Waals surface area contributed by atoms with Crippen molar-refractivity contribution in [3.05, 3.63) is 29.8 Å². The highest BCUT2D eigenvalue weighted by atomic mass is 16.5. The van der Waals surface area contributed by atoms with E-state index in [1.54, 1.807) is 24.3 Å². The Labute approximate surface area is 163 Å². The Morgan fingerprint density at radius 2 is 1.93 bits per heavy atom. The molecular formula is C19H25N3O6. The molecule has 1 aliphatic heterocycles. The molecule has 28 heavy (non-hydrogen) atoms. The van der Waals surface area contributed by atoms with E-state index in [9.17, 15) is 19.2 Å². The number of carbonyl (C=O) groups is 4. The van der Waals surface area contributed by atoms with Crippen LogP contribution in [0.2, 0.25) is 0 Å². The van der Waals surface area contributed by atoms with Crippen molar-refractivity contribution in [3.63, 3.8) is 0 Å². The zero-order valence-electron chi connectivity index (χ0n) is 15.9. The summed E-state index contributed by atoms with van der Waals surface area (Å²) in [5.74, 6) is -2.23. The molecule has 152 valence electrons. The maximum atomic E-state index is 12.5. The van der Waals surface area contributed by atoms with Crippen molar-refractivity contribution < 1.29 is 29.0 Å². The van der Waals surface area contributed by atoms with Crippen LogP contribution in [-0.4, -0.2) is 60.1 Å².